The molecule has 1 aromatic carbocycles. The van der Waals surface area contributed by atoms with Crippen LogP contribution in [0.2, 0.25) is 0 Å². The van der Waals surface area contributed by atoms with E-state index in [-0.39, 0.29) is 16.6 Å². The summed E-state index contributed by atoms with van der Waals surface area (Å²) in [6.45, 7) is 12.9. The smallest absolute Gasteiger partial charge is 0.160 e. The summed E-state index contributed by atoms with van der Waals surface area (Å²) in [4.78, 5) is 12.0. The molecule has 98 valence electrons. The number of aryl methyl sites for hydroxylation is 1. The Bertz CT molecular complexity index is 507. The first-order valence-electron chi connectivity index (χ1n) is 6.82. The van der Waals surface area contributed by atoms with Crippen molar-refractivity contribution in [1.29, 1.82) is 0 Å². The van der Waals surface area contributed by atoms with Crippen LogP contribution in [-0.4, -0.2) is 5.78 Å². The van der Waals surface area contributed by atoms with Crippen LogP contribution in [0.5, 0.6) is 0 Å². The molecule has 2 rings (SSSR count). The zero-order valence-corrected chi connectivity index (χ0v) is 12.5. The molecule has 0 spiro atoms. The fraction of sp³-hybridized carbons (Fsp3) is 0.588. The highest BCUT2D eigenvalue weighted by Gasteiger charge is 2.39. The molecule has 0 atom stereocenters. The normalized spacial score (nSPS) is 20.3. The van der Waals surface area contributed by atoms with Gasteiger partial charge in [0.2, 0.25) is 0 Å². The topological polar surface area (TPSA) is 17.1 Å². The molecule has 0 amide bonds. The number of rotatable bonds is 1. The molecule has 0 fully saturated rings. The second kappa shape index (κ2) is 3.94. The summed E-state index contributed by atoms with van der Waals surface area (Å²) in [5.41, 5.74) is 5.09. The molecule has 1 nitrogen and oxygen atoms in total. The Hall–Kier alpha value is -1.11. The molecule has 0 bridgehead atoms. The average Bonchev–Trinajstić information content (AvgIpc) is 2.23. The molecule has 18 heavy (non-hydrogen) atoms. The predicted molar refractivity (Wildman–Crippen MR) is 76.5 cm³/mol. The Balaban J connectivity index is 2.82. The molecule has 0 N–H and O–H groups in total. The van der Waals surface area contributed by atoms with Crippen LogP contribution in [0.25, 0.3) is 0 Å². The van der Waals surface area contributed by atoms with E-state index in [0.29, 0.717) is 0 Å². The summed E-state index contributed by atoms with van der Waals surface area (Å²) in [5, 5.41) is 0. The van der Waals surface area contributed by atoms with Crippen LogP contribution >= 0.6 is 0 Å². The minimum atomic E-state index is 0.111. The van der Waals surface area contributed by atoms with Crippen LogP contribution < -0.4 is 0 Å². The molecule has 0 aliphatic heterocycles. The zero-order valence-electron chi connectivity index (χ0n) is 12.5. The number of carbonyl (C=O) groups excluding carboxylic acids is 1. The van der Waals surface area contributed by atoms with E-state index >= 15 is 0 Å². The van der Waals surface area contributed by atoms with Crippen LogP contribution in [0, 0.1) is 6.92 Å². The molecule has 1 aliphatic rings. The van der Waals surface area contributed by atoms with Gasteiger partial charge in [0, 0.05) is 5.56 Å². The number of hydrogen-bond donors (Lipinski definition) is 0. The summed E-state index contributed by atoms with van der Waals surface area (Å²) in [6, 6.07) is 4.34. The van der Waals surface area contributed by atoms with Crippen molar-refractivity contribution >= 4 is 5.78 Å². The SMILES string of the molecule is CC(=O)c1cc(C)cc2c1C(C)(C)CCC2(C)C. The summed E-state index contributed by atoms with van der Waals surface area (Å²) in [6.07, 6.45) is 2.34. The van der Waals surface area contributed by atoms with Gasteiger partial charge in [-0.2, -0.15) is 0 Å². The highest BCUT2D eigenvalue weighted by molar-refractivity contribution is 5.96. The third-order valence-electron chi connectivity index (χ3n) is 4.44. The van der Waals surface area contributed by atoms with Crippen LogP contribution in [-0.2, 0) is 10.8 Å². The maximum Gasteiger partial charge on any atom is 0.160 e. The van der Waals surface area contributed by atoms with Gasteiger partial charge >= 0.3 is 0 Å². The lowest BCUT2D eigenvalue weighted by Gasteiger charge is -2.43. The second-order valence-corrected chi connectivity index (χ2v) is 7.06. The van der Waals surface area contributed by atoms with Gasteiger partial charge in [-0.1, -0.05) is 39.3 Å². The Morgan fingerprint density at radius 1 is 1.06 bits per heavy atom. The maximum absolute atomic E-state index is 12.0. The van der Waals surface area contributed by atoms with Crippen molar-refractivity contribution in [2.75, 3.05) is 0 Å². The van der Waals surface area contributed by atoms with E-state index in [1.165, 1.54) is 23.1 Å². The highest BCUT2D eigenvalue weighted by atomic mass is 16.1. The lowest BCUT2D eigenvalue weighted by atomic mass is 9.61. The van der Waals surface area contributed by atoms with Crippen LogP contribution in [0.1, 0.15) is 74.5 Å². The third-order valence-corrected chi connectivity index (χ3v) is 4.44. The lowest BCUT2D eigenvalue weighted by molar-refractivity contribution is 0.101. The van der Waals surface area contributed by atoms with Crippen molar-refractivity contribution in [2.45, 2.75) is 65.2 Å². The summed E-state index contributed by atoms with van der Waals surface area (Å²) >= 11 is 0. The number of benzene rings is 1. The van der Waals surface area contributed by atoms with E-state index in [1.807, 2.05) is 0 Å². The van der Waals surface area contributed by atoms with Gasteiger partial charge in [0.25, 0.3) is 0 Å². The standard InChI is InChI=1S/C17H24O/c1-11-9-13(12(2)18)15-14(10-11)16(3,4)7-8-17(15,5)6/h9-10H,7-8H2,1-6H3. The van der Waals surface area contributed by atoms with Crippen molar-refractivity contribution in [3.63, 3.8) is 0 Å². The van der Waals surface area contributed by atoms with Gasteiger partial charge in [0.15, 0.2) is 5.78 Å². The second-order valence-electron chi connectivity index (χ2n) is 7.06. The first-order chi connectivity index (χ1) is 8.15. The van der Waals surface area contributed by atoms with Crippen LogP contribution in [0.15, 0.2) is 12.1 Å². The van der Waals surface area contributed by atoms with Gasteiger partial charge in [-0.3, -0.25) is 4.79 Å². The molecule has 0 radical (unpaired) electrons. The van der Waals surface area contributed by atoms with Gasteiger partial charge in [-0.25, -0.2) is 0 Å². The predicted octanol–water partition coefficient (Wildman–Crippen LogP) is 4.55. The van der Waals surface area contributed by atoms with E-state index in [0.717, 1.165) is 12.0 Å². The summed E-state index contributed by atoms with van der Waals surface area (Å²) in [7, 11) is 0. The number of hydrogen-bond acceptors (Lipinski definition) is 1. The molecular formula is C17H24O. The van der Waals surface area contributed by atoms with Crippen molar-refractivity contribution in [2.24, 2.45) is 0 Å². The Morgan fingerprint density at radius 2 is 1.61 bits per heavy atom. The lowest BCUT2D eigenvalue weighted by Crippen LogP contribution is -2.35. The average molecular weight is 244 g/mol. The molecule has 1 heteroatoms. The molecule has 0 saturated carbocycles. The Morgan fingerprint density at radius 3 is 2.17 bits per heavy atom. The van der Waals surface area contributed by atoms with Gasteiger partial charge in [0.05, 0.1) is 0 Å². The molecule has 0 aromatic heterocycles. The molecule has 1 aromatic rings. The fourth-order valence-corrected chi connectivity index (χ4v) is 3.21. The molecule has 0 unspecified atom stereocenters. The minimum absolute atomic E-state index is 0.111. The molecular weight excluding hydrogens is 220 g/mol. The minimum Gasteiger partial charge on any atom is -0.295 e. The van der Waals surface area contributed by atoms with E-state index in [4.69, 9.17) is 0 Å². The number of fused-ring (bicyclic) bond motifs is 1. The van der Waals surface area contributed by atoms with Gasteiger partial charge in [-0.05, 0) is 54.7 Å². The number of Topliss-reactive ketones (excluding diaryl/α,β-unsaturated/α-hetero) is 1. The van der Waals surface area contributed by atoms with E-state index < -0.39 is 0 Å². The van der Waals surface area contributed by atoms with Gasteiger partial charge < -0.3 is 0 Å². The molecule has 1 aliphatic carbocycles. The van der Waals surface area contributed by atoms with E-state index in [2.05, 4.69) is 46.8 Å². The Labute approximate surface area is 111 Å². The quantitative estimate of drug-likeness (QED) is 0.662. The zero-order chi connectivity index (χ0) is 13.7. The Kier molecular flexibility index (Phi) is 2.92. The van der Waals surface area contributed by atoms with E-state index in [1.54, 1.807) is 6.92 Å². The number of ketones is 1. The molecule has 0 saturated heterocycles. The first-order valence-corrected chi connectivity index (χ1v) is 6.82. The van der Waals surface area contributed by atoms with Gasteiger partial charge in [-0.15, -0.1) is 0 Å². The van der Waals surface area contributed by atoms with Crippen molar-refractivity contribution in [1.82, 2.24) is 0 Å². The van der Waals surface area contributed by atoms with Crippen molar-refractivity contribution in [3.8, 4) is 0 Å². The first kappa shape index (κ1) is 13.3. The number of carbonyl (C=O) groups is 1. The summed E-state index contributed by atoms with van der Waals surface area (Å²) in [5.74, 6) is 0.195. The van der Waals surface area contributed by atoms with Gasteiger partial charge in [0.1, 0.15) is 0 Å². The van der Waals surface area contributed by atoms with E-state index in [9.17, 15) is 4.79 Å². The summed E-state index contributed by atoms with van der Waals surface area (Å²) < 4.78 is 0. The largest absolute Gasteiger partial charge is 0.295 e. The fourth-order valence-electron chi connectivity index (χ4n) is 3.21. The monoisotopic (exact) mass is 244 g/mol. The van der Waals surface area contributed by atoms with Crippen molar-refractivity contribution in [3.05, 3.63) is 34.4 Å². The third kappa shape index (κ3) is 2.00. The highest BCUT2D eigenvalue weighted by Crippen LogP contribution is 2.47. The van der Waals surface area contributed by atoms with Crippen molar-refractivity contribution < 1.29 is 4.79 Å². The molecule has 0 heterocycles. The van der Waals surface area contributed by atoms with Crippen LogP contribution in [0.4, 0.5) is 0 Å². The maximum atomic E-state index is 12.0. The van der Waals surface area contributed by atoms with Crippen LogP contribution in [0.3, 0.4) is 0 Å².